The fraction of sp³-hybridized carbons (Fsp3) is 0.217. The molecule has 1 aliphatic heterocycles. The number of methoxy groups -OCH3 is 1. The van der Waals surface area contributed by atoms with Crippen molar-refractivity contribution in [1.82, 2.24) is 9.88 Å². The van der Waals surface area contributed by atoms with Crippen LogP contribution in [-0.4, -0.2) is 39.7 Å². The molecular weight excluding hydrogens is 462 g/mol. The first-order valence-electron chi connectivity index (χ1n) is 9.91. The van der Waals surface area contributed by atoms with Crippen LogP contribution >= 0.6 is 35.3 Å². The van der Waals surface area contributed by atoms with Gasteiger partial charge in [-0.1, -0.05) is 53.5 Å². The van der Waals surface area contributed by atoms with Crippen LogP contribution in [0.2, 0.25) is 0 Å². The average molecular weight is 484 g/mol. The minimum Gasteiger partial charge on any atom is -0.497 e. The molecule has 0 bridgehead atoms. The van der Waals surface area contributed by atoms with E-state index >= 15 is 0 Å². The molecule has 164 valence electrons. The third-order valence-electron chi connectivity index (χ3n) is 4.93. The molecule has 1 aromatic heterocycles. The van der Waals surface area contributed by atoms with Gasteiger partial charge < -0.3 is 10.1 Å². The van der Waals surface area contributed by atoms with Gasteiger partial charge >= 0.3 is 0 Å². The number of benzene rings is 2. The highest BCUT2D eigenvalue weighted by atomic mass is 32.2. The van der Waals surface area contributed by atoms with Crippen molar-refractivity contribution >= 4 is 72.9 Å². The van der Waals surface area contributed by atoms with Gasteiger partial charge in [-0.25, -0.2) is 4.98 Å². The van der Waals surface area contributed by atoms with E-state index in [4.69, 9.17) is 17.0 Å². The van der Waals surface area contributed by atoms with Crippen LogP contribution in [0.15, 0.2) is 41.3 Å². The smallest absolute Gasteiger partial charge is 0.266 e. The minimum absolute atomic E-state index is 0.135. The molecule has 32 heavy (non-hydrogen) atoms. The van der Waals surface area contributed by atoms with E-state index in [1.807, 2.05) is 38.1 Å². The summed E-state index contributed by atoms with van der Waals surface area (Å²) in [7, 11) is 1.61. The lowest BCUT2D eigenvalue weighted by Crippen LogP contribution is -2.31. The summed E-state index contributed by atoms with van der Waals surface area (Å²) < 4.78 is 6.65. The van der Waals surface area contributed by atoms with Crippen LogP contribution in [0.3, 0.4) is 0 Å². The second-order valence-corrected chi connectivity index (χ2v) is 10.1. The van der Waals surface area contributed by atoms with Gasteiger partial charge in [-0.3, -0.25) is 14.5 Å². The van der Waals surface area contributed by atoms with Crippen LogP contribution in [0.5, 0.6) is 5.75 Å². The van der Waals surface area contributed by atoms with E-state index in [9.17, 15) is 9.59 Å². The highest BCUT2D eigenvalue weighted by Gasteiger charge is 2.32. The van der Waals surface area contributed by atoms with Crippen molar-refractivity contribution in [2.75, 3.05) is 19.0 Å². The minimum atomic E-state index is -0.202. The van der Waals surface area contributed by atoms with Crippen LogP contribution in [0, 0.1) is 13.8 Å². The van der Waals surface area contributed by atoms with E-state index in [0.717, 1.165) is 32.7 Å². The highest BCUT2D eigenvalue weighted by molar-refractivity contribution is 8.26. The Hall–Kier alpha value is -2.75. The molecule has 0 saturated carbocycles. The second-order valence-electron chi connectivity index (χ2n) is 7.35. The van der Waals surface area contributed by atoms with Gasteiger partial charge in [0.05, 0.1) is 22.2 Å². The first-order chi connectivity index (χ1) is 15.3. The number of carbonyl (C=O) groups is 2. The van der Waals surface area contributed by atoms with E-state index in [2.05, 4.69) is 22.4 Å². The van der Waals surface area contributed by atoms with Crippen molar-refractivity contribution in [3.8, 4) is 5.75 Å². The molecule has 1 N–H and O–H groups in total. The maximum absolute atomic E-state index is 12.8. The summed E-state index contributed by atoms with van der Waals surface area (Å²) in [5.41, 5.74) is 4.02. The van der Waals surface area contributed by atoms with Crippen molar-refractivity contribution in [3.05, 3.63) is 58.0 Å². The number of hydrogen-bond donors (Lipinski definition) is 1. The number of aryl methyl sites for hydroxylation is 2. The van der Waals surface area contributed by atoms with Gasteiger partial charge in [0.2, 0.25) is 5.91 Å². The van der Waals surface area contributed by atoms with Crippen LogP contribution in [0.25, 0.3) is 16.3 Å². The predicted molar refractivity (Wildman–Crippen MR) is 135 cm³/mol. The van der Waals surface area contributed by atoms with Gasteiger partial charge in [-0.15, -0.1) is 0 Å². The zero-order valence-electron chi connectivity index (χ0n) is 17.8. The van der Waals surface area contributed by atoms with Gasteiger partial charge in [0.25, 0.3) is 5.91 Å². The maximum atomic E-state index is 12.8. The molecule has 3 aromatic rings. The van der Waals surface area contributed by atoms with Gasteiger partial charge in [0.1, 0.15) is 10.1 Å². The van der Waals surface area contributed by atoms with Crippen molar-refractivity contribution < 1.29 is 14.3 Å². The van der Waals surface area contributed by atoms with Gasteiger partial charge in [0.15, 0.2) is 5.13 Å². The summed E-state index contributed by atoms with van der Waals surface area (Å²) in [5, 5.41) is 3.41. The fourth-order valence-electron chi connectivity index (χ4n) is 3.36. The van der Waals surface area contributed by atoms with E-state index in [1.165, 1.54) is 28.0 Å². The number of hydrogen-bond acceptors (Lipinski definition) is 7. The van der Waals surface area contributed by atoms with Crippen molar-refractivity contribution in [2.24, 2.45) is 0 Å². The van der Waals surface area contributed by atoms with Crippen molar-refractivity contribution in [2.45, 2.75) is 20.3 Å². The molecule has 2 amide bonds. The molecule has 0 atom stereocenters. The van der Waals surface area contributed by atoms with Gasteiger partial charge in [-0.2, -0.15) is 0 Å². The molecule has 0 unspecified atom stereocenters. The molecule has 0 radical (unpaired) electrons. The Morgan fingerprint density at radius 2 is 2.00 bits per heavy atom. The number of nitrogens with one attached hydrogen (secondary N) is 1. The number of nitrogens with zero attached hydrogens (tertiary/aromatic N) is 2. The Balaban J connectivity index is 1.38. The number of thiazole rings is 1. The molecule has 1 saturated heterocycles. The highest BCUT2D eigenvalue weighted by Crippen LogP contribution is 2.33. The topological polar surface area (TPSA) is 71.5 Å². The number of fused-ring (bicyclic) bond motifs is 1. The van der Waals surface area contributed by atoms with E-state index in [0.29, 0.717) is 14.4 Å². The van der Waals surface area contributed by atoms with E-state index < -0.39 is 0 Å². The first kappa shape index (κ1) is 22.4. The Labute approximate surface area is 199 Å². The third-order valence-corrected chi connectivity index (χ3v) is 7.22. The summed E-state index contributed by atoms with van der Waals surface area (Å²) in [6.07, 6.45) is 1.93. The Bertz CT molecular complexity index is 1250. The SMILES string of the molecule is COc1ccc(C=C2SC(=S)N(CCC(=O)Nc3nc4c(C)cc(C)cc4s3)C2=O)cc1. The Morgan fingerprint density at radius 3 is 2.72 bits per heavy atom. The predicted octanol–water partition coefficient (Wildman–Crippen LogP) is 5.15. The first-order valence-corrected chi connectivity index (χ1v) is 12.0. The second kappa shape index (κ2) is 9.40. The lowest BCUT2D eigenvalue weighted by molar-refractivity contribution is -0.122. The maximum Gasteiger partial charge on any atom is 0.266 e. The number of thiocarbonyl (C=S) groups is 1. The standard InChI is InChI=1S/C23H21N3O3S3/c1-13-10-14(2)20-17(11-13)31-22(25-20)24-19(27)8-9-26-21(28)18(32-23(26)30)12-15-4-6-16(29-3)7-5-15/h4-7,10-12H,8-9H2,1-3H3,(H,24,25,27). The summed E-state index contributed by atoms with van der Waals surface area (Å²) in [4.78, 5) is 31.8. The molecule has 4 rings (SSSR count). The molecule has 1 aliphatic rings. The van der Waals surface area contributed by atoms with Crippen LogP contribution in [0.1, 0.15) is 23.1 Å². The molecule has 2 aromatic carbocycles. The quantitative estimate of drug-likeness (QED) is 0.386. The van der Waals surface area contributed by atoms with Crippen molar-refractivity contribution in [3.63, 3.8) is 0 Å². The van der Waals surface area contributed by atoms with Crippen LogP contribution in [-0.2, 0) is 9.59 Å². The number of thioether (sulfide) groups is 1. The summed E-state index contributed by atoms with van der Waals surface area (Å²) >= 11 is 8.06. The van der Waals surface area contributed by atoms with Crippen LogP contribution in [0.4, 0.5) is 5.13 Å². The molecule has 1 fully saturated rings. The summed E-state index contributed by atoms with van der Waals surface area (Å²) in [6.45, 7) is 4.27. The summed E-state index contributed by atoms with van der Waals surface area (Å²) in [5.74, 6) is 0.362. The average Bonchev–Trinajstić information content (AvgIpc) is 3.27. The fourth-order valence-corrected chi connectivity index (χ4v) is 5.73. The molecule has 2 heterocycles. The number of ether oxygens (including phenoxy) is 1. The lowest BCUT2D eigenvalue weighted by atomic mass is 10.1. The number of carbonyl (C=O) groups excluding carboxylic acids is 2. The van der Waals surface area contributed by atoms with Crippen molar-refractivity contribution in [1.29, 1.82) is 0 Å². The number of aromatic nitrogens is 1. The third kappa shape index (κ3) is 4.85. The number of anilines is 1. The molecular formula is C23H21N3O3S3. The lowest BCUT2D eigenvalue weighted by Gasteiger charge is -2.13. The zero-order valence-corrected chi connectivity index (χ0v) is 20.2. The van der Waals surface area contributed by atoms with Gasteiger partial charge in [-0.05, 0) is 54.8 Å². The molecule has 0 aliphatic carbocycles. The Kier molecular flexibility index (Phi) is 6.59. The number of amides is 2. The molecule has 0 spiro atoms. The van der Waals surface area contributed by atoms with E-state index in [-0.39, 0.29) is 24.8 Å². The Morgan fingerprint density at radius 1 is 1.25 bits per heavy atom. The van der Waals surface area contributed by atoms with Gasteiger partial charge in [0, 0.05) is 13.0 Å². The molecule has 9 heteroatoms. The monoisotopic (exact) mass is 483 g/mol. The zero-order chi connectivity index (χ0) is 22.8. The number of rotatable bonds is 6. The largest absolute Gasteiger partial charge is 0.497 e. The summed E-state index contributed by atoms with van der Waals surface area (Å²) in [6, 6.07) is 11.6. The molecule has 6 nitrogen and oxygen atoms in total. The normalized spacial score (nSPS) is 15.1. The van der Waals surface area contributed by atoms with Crippen LogP contribution < -0.4 is 10.1 Å². The van der Waals surface area contributed by atoms with E-state index in [1.54, 1.807) is 13.2 Å².